The van der Waals surface area contributed by atoms with Gasteiger partial charge in [-0.15, -0.1) is 0 Å². The van der Waals surface area contributed by atoms with Crippen molar-refractivity contribution >= 4 is 27.4 Å². The van der Waals surface area contributed by atoms with E-state index in [4.69, 9.17) is 4.74 Å². The quantitative estimate of drug-likeness (QED) is 0.818. The van der Waals surface area contributed by atoms with Crippen molar-refractivity contribution in [1.82, 2.24) is 9.38 Å². The highest BCUT2D eigenvalue weighted by molar-refractivity contribution is 9.10. The summed E-state index contributed by atoms with van der Waals surface area (Å²) in [6.07, 6.45) is 2.66. The lowest BCUT2D eigenvalue weighted by atomic mass is 10.3. The Balaban J connectivity index is 2.62. The number of carbonyl (C=O) groups excluding carboxylic acids is 1. The number of rotatable bonds is 3. The third-order valence-corrected chi connectivity index (χ3v) is 2.96. The fourth-order valence-corrected chi connectivity index (χ4v) is 2.06. The van der Waals surface area contributed by atoms with Crippen LogP contribution in [0.25, 0.3) is 5.52 Å². The second-order valence-electron chi connectivity index (χ2n) is 3.55. The minimum absolute atomic E-state index is 0.354. The van der Waals surface area contributed by atoms with Gasteiger partial charge in [0, 0.05) is 17.1 Å². The van der Waals surface area contributed by atoms with E-state index in [-0.39, 0.29) is 5.97 Å². The minimum atomic E-state index is -0.372. The molecule has 0 aliphatic heterocycles. The summed E-state index contributed by atoms with van der Waals surface area (Å²) >= 11 is 3.39. The number of aryl methyl sites for hydroxylation is 1. The largest absolute Gasteiger partial charge is 0.461 e. The van der Waals surface area contributed by atoms with E-state index >= 15 is 0 Å². The van der Waals surface area contributed by atoms with Crippen molar-refractivity contribution in [3.63, 3.8) is 0 Å². The summed E-state index contributed by atoms with van der Waals surface area (Å²) in [7, 11) is 0. The first-order valence-corrected chi connectivity index (χ1v) is 6.30. The molecule has 0 aliphatic rings. The Morgan fingerprint density at radius 3 is 2.94 bits per heavy atom. The molecule has 2 rings (SSSR count). The zero-order valence-corrected chi connectivity index (χ0v) is 11.3. The molecule has 2 heterocycles. The van der Waals surface area contributed by atoms with Gasteiger partial charge in [-0.3, -0.25) is 0 Å². The lowest BCUT2D eigenvalue weighted by Crippen LogP contribution is -2.05. The predicted octanol–water partition coefficient (Wildman–Crippen LogP) is 2.84. The maximum atomic E-state index is 11.8. The molecule has 0 amide bonds. The number of hydrogen-bond acceptors (Lipinski definition) is 3. The van der Waals surface area contributed by atoms with E-state index in [2.05, 4.69) is 20.9 Å². The van der Waals surface area contributed by atoms with Crippen LogP contribution in [0.3, 0.4) is 0 Å². The van der Waals surface area contributed by atoms with Crippen LogP contribution < -0.4 is 0 Å². The monoisotopic (exact) mass is 296 g/mol. The molecule has 0 bridgehead atoms. The Labute approximate surface area is 108 Å². The Morgan fingerprint density at radius 1 is 1.53 bits per heavy atom. The Bertz CT molecular complexity index is 563. The van der Waals surface area contributed by atoms with Crippen molar-refractivity contribution in [1.29, 1.82) is 0 Å². The van der Waals surface area contributed by atoms with Gasteiger partial charge < -0.3 is 9.14 Å². The molecule has 0 fully saturated rings. The number of hydrogen-bond donors (Lipinski definition) is 0. The zero-order chi connectivity index (χ0) is 12.4. The van der Waals surface area contributed by atoms with Crippen LogP contribution in [0.1, 0.15) is 30.2 Å². The highest BCUT2D eigenvalue weighted by Crippen LogP contribution is 2.19. The number of pyridine rings is 1. The van der Waals surface area contributed by atoms with Crippen molar-refractivity contribution in [2.24, 2.45) is 0 Å². The fraction of sp³-hybridized carbons (Fsp3) is 0.333. The number of ether oxygens (including phenoxy) is 1. The van der Waals surface area contributed by atoms with Gasteiger partial charge in [-0.25, -0.2) is 9.78 Å². The lowest BCUT2D eigenvalue weighted by Gasteiger charge is -2.00. The van der Waals surface area contributed by atoms with Gasteiger partial charge in [-0.1, -0.05) is 22.9 Å². The van der Waals surface area contributed by atoms with Gasteiger partial charge in [-0.05, 0) is 19.1 Å². The van der Waals surface area contributed by atoms with Crippen LogP contribution in [-0.4, -0.2) is 22.0 Å². The number of nitrogens with zero attached hydrogens (tertiary/aromatic N) is 2. The van der Waals surface area contributed by atoms with Crippen molar-refractivity contribution in [2.75, 3.05) is 6.61 Å². The standard InChI is InChI=1S/C12H13BrN2O2/c1-3-10-14-11(12(16)17-4-2)9-7-8(13)5-6-15(9)10/h5-7H,3-4H2,1-2H3. The van der Waals surface area contributed by atoms with Crippen molar-refractivity contribution in [3.05, 3.63) is 34.3 Å². The minimum Gasteiger partial charge on any atom is -0.461 e. The molecule has 2 aromatic heterocycles. The van der Waals surface area contributed by atoms with Gasteiger partial charge in [0.05, 0.1) is 12.1 Å². The van der Waals surface area contributed by atoms with E-state index in [0.29, 0.717) is 12.3 Å². The second-order valence-corrected chi connectivity index (χ2v) is 4.47. The molecular weight excluding hydrogens is 284 g/mol. The van der Waals surface area contributed by atoms with E-state index in [9.17, 15) is 4.79 Å². The molecule has 0 N–H and O–H groups in total. The molecule has 0 spiro atoms. The summed E-state index contributed by atoms with van der Waals surface area (Å²) in [6.45, 7) is 4.14. The molecular formula is C12H13BrN2O2. The van der Waals surface area contributed by atoms with Crippen molar-refractivity contribution in [3.8, 4) is 0 Å². The molecule has 5 heteroatoms. The number of halogens is 1. The molecule has 0 saturated heterocycles. The Kier molecular flexibility index (Phi) is 3.47. The molecule has 0 unspecified atom stereocenters. The SMILES string of the molecule is CCOC(=O)c1nc(CC)n2ccc(Br)cc12. The van der Waals surface area contributed by atoms with Gasteiger partial charge in [0.1, 0.15) is 5.82 Å². The van der Waals surface area contributed by atoms with Gasteiger partial charge in [0.2, 0.25) is 0 Å². The Hall–Kier alpha value is -1.36. The molecule has 0 radical (unpaired) electrons. The smallest absolute Gasteiger partial charge is 0.359 e. The first kappa shape index (κ1) is 12.1. The van der Waals surface area contributed by atoms with Crippen molar-refractivity contribution in [2.45, 2.75) is 20.3 Å². The molecule has 0 atom stereocenters. The van der Waals surface area contributed by atoms with Gasteiger partial charge in [-0.2, -0.15) is 0 Å². The maximum Gasteiger partial charge on any atom is 0.359 e. The van der Waals surface area contributed by atoms with Crippen LogP contribution in [0.15, 0.2) is 22.8 Å². The highest BCUT2D eigenvalue weighted by Gasteiger charge is 2.17. The van der Waals surface area contributed by atoms with E-state index < -0.39 is 0 Å². The molecule has 2 aromatic rings. The summed E-state index contributed by atoms with van der Waals surface area (Å²) in [6, 6.07) is 3.79. The average Bonchev–Trinajstić information content (AvgIpc) is 2.67. The average molecular weight is 297 g/mol. The summed E-state index contributed by atoms with van der Waals surface area (Å²) in [5, 5.41) is 0. The maximum absolute atomic E-state index is 11.8. The molecule has 0 aliphatic carbocycles. The van der Waals surface area contributed by atoms with E-state index in [1.807, 2.05) is 29.7 Å². The first-order chi connectivity index (χ1) is 8.17. The number of aromatic nitrogens is 2. The number of fused-ring (bicyclic) bond motifs is 1. The zero-order valence-electron chi connectivity index (χ0n) is 9.74. The summed E-state index contributed by atoms with van der Waals surface area (Å²) in [4.78, 5) is 16.1. The summed E-state index contributed by atoms with van der Waals surface area (Å²) in [5.74, 6) is 0.485. The van der Waals surface area contributed by atoms with Gasteiger partial charge in [0.15, 0.2) is 5.69 Å². The van der Waals surface area contributed by atoms with Crippen LogP contribution >= 0.6 is 15.9 Å². The highest BCUT2D eigenvalue weighted by atomic mass is 79.9. The van der Waals surface area contributed by atoms with E-state index in [1.165, 1.54) is 0 Å². The van der Waals surface area contributed by atoms with E-state index in [0.717, 1.165) is 22.2 Å². The third-order valence-electron chi connectivity index (χ3n) is 2.46. The molecule has 4 nitrogen and oxygen atoms in total. The Morgan fingerprint density at radius 2 is 2.29 bits per heavy atom. The van der Waals surface area contributed by atoms with Gasteiger partial charge in [0.25, 0.3) is 0 Å². The van der Waals surface area contributed by atoms with Crippen LogP contribution in [0.4, 0.5) is 0 Å². The van der Waals surface area contributed by atoms with Crippen LogP contribution in [0, 0.1) is 0 Å². The van der Waals surface area contributed by atoms with E-state index in [1.54, 1.807) is 6.92 Å². The third kappa shape index (κ3) is 2.20. The van der Waals surface area contributed by atoms with Crippen LogP contribution in [0.5, 0.6) is 0 Å². The molecule has 0 aromatic carbocycles. The van der Waals surface area contributed by atoms with Crippen LogP contribution in [-0.2, 0) is 11.2 Å². The molecule has 90 valence electrons. The normalized spacial score (nSPS) is 10.8. The number of carbonyl (C=O) groups is 1. The predicted molar refractivity (Wildman–Crippen MR) is 68.2 cm³/mol. The second kappa shape index (κ2) is 4.87. The number of esters is 1. The lowest BCUT2D eigenvalue weighted by molar-refractivity contribution is 0.0522. The fourth-order valence-electron chi connectivity index (χ4n) is 1.72. The van der Waals surface area contributed by atoms with Gasteiger partial charge >= 0.3 is 5.97 Å². The molecule has 17 heavy (non-hydrogen) atoms. The van der Waals surface area contributed by atoms with Crippen LogP contribution in [0.2, 0.25) is 0 Å². The summed E-state index contributed by atoms with van der Waals surface area (Å²) in [5.41, 5.74) is 1.15. The topological polar surface area (TPSA) is 43.6 Å². The first-order valence-electron chi connectivity index (χ1n) is 5.51. The molecule has 0 saturated carbocycles. The summed E-state index contributed by atoms with van der Waals surface area (Å²) < 4.78 is 7.83. The number of imidazole rings is 1. The van der Waals surface area contributed by atoms with Crippen molar-refractivity contribution < 1.29 is 9.53 Å².